The molecule has 0 bridgehead atoms. The summed E-state index contributed by atoms with van der Waals surface area (Å²) in [6, 6.07) is 8.94. The van der Waals surface area contributed by atoms with Crippen molar-refractivity contribution < 1.29 is 13.2 Å². The quantitative estimate of drug-likeness (QED) is 0.584. The Balaban J connectivity index is 1.92. The predicted octanol–water partition coefficient (Wildman–Crippen LogP) is 5.82. The van der Waals surface area contributed by atoms with Gasteiger partial charge in [-0.05, 0) is 50.2 Å². The summed E-state index contributed by atoms with van der Waals surface area (Å²) in [6.07, 6.45) is -4.44. The van der Waals surface area contributed by atoms with E-state index < -0.39 is 11.7 Å². The molecule has 0 unspecified atom stereocenters. The molecule has 0 saturated heterocycles. The van der Waals surface area contributed by atoms with Crippen molar-refractivity contribution in [2.24, 2.45) is 0 Å². The Morgan fingerprint density at radius 3 is 2.50 bits per heavy atom. The lowest BCUT2D eigenvalue weighted by atomic mass is 10.2. The average molecular weight is 383 g/mol. The molecule has 0 saturated carbocycles. The van der Waals surface area contributed by atoms with Crippen LogP contribution >= 0.6 is 11.6 Å². The highest BCUT2D eigenvalue weighted by atomic mass is 35.5. The van der Waals surface area contributed by atoms with Crippen molar-refractivity contribution in [2.75, 3.05) is 23.3 Å². The van der Waals surface area contributed by atoms with Crippen LogP contribution in [-0.2, 0) is 6.18 Å². The van der Waals surface area contributed by atoms with Gasteiger partial charge >= 0.3 is 6.18 Å². The maximum Gasteiger partial charge on any atom is 0.416 e. The first-order valence-electron chi connectivity index (χ1n) is 8.20. The summed E-state index contributed by atoms with van der Waals surface area (Å²) in [5.74, 6) is 0.331. The van der Waals surface area contributed by atoms with Gasteiger partial charge in [0, 0.05) is 18.8 Å². The van der Waals surface area contributed by atoms with Crippen molar-refractivity contribution in [2.45, 2.75) is 20.0 Å². The van der Waals surface area contributed by atoms with Gasteiger partial charge in [-0.3, -0.25) is 0 Å². The number of alkyl halides is 3. The van der Waals surface area contributed by atoms with Gasteiger partial charge in [-0.15, -0.1) is 0 Å². The predicted molar refractivity (Wildman–Crippen MR) is 99.4 cm³/mol. The third kappa shape index (κ3) is 3.72. The number of aromatic amines is 1. The lowest BCUT2D eigenvalue weighted by Crippen LogP contribution is -2.21. The molecule has 1 aromatic heterocycles. The highest BCUT2D eigenvalue weighted by Gasteiger charge is 2.31. The summed E-state index contributed by atoms with van der Waals surface area (Å²) in [4.78, 5) is 9.64. The van der Waals surface area contributed by atoms with E-state index in [2.05, 4.69) is 34.0 Å². The number of nitrogens with zero attached hydrogens (tertiary/aromatic N) is 2. The normalized spacial score (nSPS) is 11.8. The minimum atomic E-state index is -4.44. The smallest absolute Gasteiger partial charge is 0.372 e. The minimum Gasteiger partial charge on any atom is -0.372 e. The molecule has 0 amide bonds. The minimum absolute atomic E-state index is 0.143. The van der Waals surface area contributed by atoms with Gasteiger partial charge < -0.3 is 15.2 Å². The van der Waals surface area contributed by atoms with Crippen molar-refractivity contribution in [3.8, 4) is 0 Å². The van der Waals surface area contributed by atoms with Crippen LogP contribution in [0.2, 0.25) is 5.02 Å². The van der Waals surface area contributed by atoms with Crippen LogP contribution in [0, 0.1) is 0 Å². The first kappa shape index (κ1) is 18.4. The Kier molecular flexibility index (Phi) is 5.00. The summed E-state index contributed by atoms with van der Waals surface area (Å²) in [5.41, 5.74) is 1.93. The SMILES string of the molecule is CCN(CC)c1ccc2nc(Nc3cc(C(F)(F)F)ccc3Cl)[nH]c2c1. The molecule has 0 atom stereocenters. The number of rotatable bonds is 5. The summed E-state index contributed by atoms with van der Waals surface area (Å²) in [5, 5.41) is 3.02. The summed E-state index contributed by atoms with van der Waals surface area (Å²) in [7, 11) is 0. The van der Waals surface area contributed by atoms with E-state index in [1.54, 1.807) is 0 Å². The lowest BCUT2D eigenvalue weighted by Gasteiger charge is -2.20. The van der Waals surface area contributed by atoms with Crippen LogP contribution in [0.25, 0.3) is 11.0 Å². The standard InChI is InChI=1S/C18H18ClF3N4/c1-3-26(4-2)12-6-8-14-16(10-12)25-17(23-14)24-15-9-11(18(20,21)22)5-7-13(15)19/h5-10H,3-4H2,1-2H3,(H2,23,24,25). The van der Waals surface area contributed by atoms with Crippen LogP contribution < -0.4 is 10.2 Å². The Bertz CT molecular complexity index is 916. The first-order chi connectivity index (χ1) is 12.3. The van der Waals surface area contributed by atoms with Crippen LogP contribution in [0.5, 0.6) is 0 Å². The van der Waals surface area contributed by atoms with Crippen molar-refractivity contribution in [3.63, 3.8) is 0 Å². The molecule has 0 aliphatic carbocycles. The second-order valence-electron chi connectivity index (χ2n) is 5.78. The second kappa shape index (κ2) is 7.07. The number of H-pyrrole nitrogens is 1. The molecule has 3 rings (SSSR count). The lowest BCUT2D eigenvalue weighted by molar-refractivity contribution is -0.137. The van der Waals surface area contributed by atoms with Crippen LogP contribution in [0.4, 0.5) is 30.5 Å². The Hall–Kier alpha value is -2.41. The van der Waals surface area contributed by atoms with Gasteiger partial charge in [-0.2, -0.15) is 13.2 Å². The van der Waals surface area contributed by atoms with E-state index >= 15 is 0 Å². The van der Waals surface area contributed by atoms with E-state index in [4.69, 9.17) is 11.6 Å². The van der Waals surface area contributed by atoms with E-state index in [0.29, 0.717) is 11.5 Å². The van der Waals surface area contributed by atoms with E-state index in [0.717, 1.165) is 36.4 Å². The van der Waals surface area contributed by atoms with Gasteiger partial charge in [0.25, 0.3) is 0 Å². The van der Waals surface area contributed by atoms with Gasteiger partial charge in [0.05, 0.1) is 27.3 Å². The third-order valence-electron chi connectivity index (χ3n) is 4.14. The van der Waals surface area contributed by atoms with E-state index in [-0.39, 0.29) is 10.7 Å². The largest absolute Gasteiger partial charge is 0.416 e. The Labute approximate surface area is 154 Å². The second-order valence-corrected chi connectivity index (χ2v) is 6.18. The zero-order valence-electron chi connectivity index (χ0n) is 14.3. The number of benzene rings is 2. The summed E-state index contributed by atoms with van der Waals surface area (Å²) in [6.45, 7) is 5.90. The fourth-order valence-electron chi connectivity index (χ4n) is 2.77. The number of halogens is 4. The van der Waals surface area contributed by atoms with Gasteiger partial charge in [0.1, 0.15) is 0 Å². The summed E-state index contributed by atoms with van der Waals surface area (Å²) >= 11 is 6.02. The molecule has 0 aliphatic heterocycles. The van der Waals surface area contributed by atoms with E-state index in [1.807, 2.05) is 18.2 Å². The molecule has 0 aliphatic rings. The van der Waals surface area contributed by atoms with Gasteiger partial charge in [-0.1, -0.05) is 11.6 Å². The molecule has 138 valence electrons. The van der Waals surface area contributed by atoms with Crippen LogP contribution in [0.1, 0.15) is 19.4 Å². The molecule has 1 heterocycles. The van der Waals surface area contributed by atoms with Gasteiger partial charge in [-0.25, -0.2) is 4.98 Å². The molecule has 2 aromatic carbocycles. The number of hydrogen-bond donors (Lipinski definition) is 2. The maximum absolute atomic E-state index is 12.9. The van der Waals surface area contributed by atoms with Crippen LogP contribution in [0.15, 0.2) is 36.4 Å². The number of aromatic nitrogens is 2. The molecule has 0 spiro atoms. The summed E-state index contributed by atoms with van der Waals surface area (Å²) < 4.78 is 38.7. The third-order valence-corrected chi connectivity index (χ3v) is 4.47. The molecule has 4 nitrogen and oxygen atoms in total. The molecule has 3 aromatic rings. The van der Waals surface area contributed by atoms with Crippen LogP contribution in [0.3, 0.4) is 0 Å². The molecule has 0 radical (unpaired) electrons. The Morgan fingerprint density at radius 2 is 1.85 bits per heavy atom. The topological polar surface area (TPSA) is 44.0 Å². The average Bonchev–Trinajstić information content (AvgIpc) is 2.98. The molecule has 2 N–H and O–H groups in total. The van der Waals surface area contributed by atoms with E-state index in [9.17, 15) is 13.2 Å². The molecular weight excluding hydrogens is 365 g/mol. The van der Waals surface area contributed by atoms with Crippen LogP contribution in [-0.4, -0.2) is 23.1 Å². The molecule has 0 fully saturated rings. The number of hydrogen-bond acceptors (Lipinski definition) is 3. The highest BCUT2D eigenvalue weighted by molar-refractivity contribution is 6.33. The zero-order chi connectivity index (χ0) is 18.9. The number of fused-ring (bicyclic) bond motifs is 1. The molecule has 8 heteroatoms. The molecule has 26 heavy (non-hydrogen) atoms. The number of imidazole rings is 1. The zero-order valence-corrected chi connectivity index (χ0v) is 15.0. The first-order valence-corrected chi connectivity index (χ1v) is 8.58. The molecular formula is C18H18ClF3N4. The highest BCUT2D eigenvalue weighted by Crippen LogP contribution is 2.35. The Morgan fingerprint density at radius 1 is 1.12 bits per heavy atom. The van der Waals surface area contributed by atoms with Gasteiger partial charge in [0.15, 0.2) is 0 Å². The fourth-order valence-corrected chi connectivity index (χ4v) is 2.93. The van der Waals surface area contributed by atoms with E-state index in [1.165, 1.54) is 6.07 Å². The van der Waals surface area contributed by atoms with Gasteiger partial charge in [0.2, 0.25) is 5.95 Å². The van der Waals surface area contributed by atoms with Crippen molar-refractivity contribution >= 4 is 40.0 Å². The number of nitrogens with one attached hydrogen (secondary N) is 2. The number of anilines is 3. The van der Waals surface area contributed by atoms with Crippen molar-refractivity contribution in [3.05, 3.63) is 47.0 Å². The maximum atomic E-state index is 12.9. The van der Waals surface area contributed by atoms with Crippen molar-refractivity contribution in [1.82, 2.24) is 9.97 Å². The monoisotopic (exact) mass is 382 g/mol. The van der Waals surface area contributed by atoms with Crippen molar-refractivity contribution in [1.29, 1.82) is 0 Å². The fraction of sp³-hybridized carbons (Fsp3) is 0.278.